The number of nitrogens with zero attached hydrogens (tertiary/aromatic N) is 1. The maximum Gasteiger partial charge on any atom is 0.319 e. The van der Waals surface area contributed by atoms with E-state index in [-0.39, 0.29) is 0 Å². The van der Waals surface area contributed by atoms with Crippen LogP contribution in [0.25, 0.3) is 0 Å². The van der Waals surface area contributed by atoms with Crippen LogP contribution in [0.1, 0.15) is 32.4 Å². The standard InChI is InChI=1S/C10H15NO2S2/c1-4-5-10(3,8(12)13)15-9-11-7(2)6-14-9/h6H,4-5H2,1-3H3,(H,12,13). The summed E-state index contributed by atoms with van der Waals surface area (Å²) in [7, 11) is 0. The number of carboxylic acids is 1. The number of carbonyl (C=O) groups is 1. The minimum atomic E-state index is -0.762. The monoisotopic (exact) mass is 245 g/mol. The van der Waals surface area contributed by atoms with Gasteiger partial charge < -0.3 is 5.11 Å². The molecule has 0 bridgehead atoms. The van der Waals surface area contributed by atoms with Crippen LogP contribution in [0.5, 0.6) is 0 Å². The van der Waals surface area contributed by atoms with E-state index >= 15 is 0 Å². The smallest absolute Gasteiger partial charge is 0.319 e. The van der Waals surface area contributed by atoms with Gasteiger partial charge in [0.2, 0.25) is 0 Å². The van der Waals surface area contributed by atoms with Crippen LogP contribution in [0.3, 0.4) is 0 Å². The topological polar surface area (TPSA) is 50.2 Å². The molecule has 0 spiro atoms. The van der Waals surface area contributed by atoms with Gasteiger partial charge in [-0.15, -0.1) is 11.3 Å². The second-order valence-corrected chi connectivity index (χ2v) is 6.25. The summed E-state index contributed by atoms with van der Waals surface area (Å²) in [4.78, 5) is 15.5. The normalized spacial score (nSPS) is 14.9. The molecular formula is C10H15NO2S2. The molecule has 0 aromatic carbocycles. The lowest BCUT2D eigenvalue weighted by molar-refractivity contribution is -0.139. The predicted molar refractivity (Wildman–Crippen MR) is 63.7 cm³/mol. The number of thiazole rings is 1. The summed E-state index contributed by atoms with van der Waals surface area (Å²) in [6.45, 7) is 5.67. The van der Waals surface area contributed by atoms with Crippen LogP contribution in [-0.4, -0.2) is 20.8 Å². The van der Waals surface area contributed by atoms with E-state index in [9.17, 15) is 9.90 Å². The van der Waals surface area contributed by atoms with Crippen LogP contribution in [0.15, 0.2) is 9.72 Å². The highest BCUT2D eigenvalue weighted by atomic mass is 32.2. The molecule has 0 aliphatic rings. The van der Waals surface area contributed by atoms with Crippen LogP contribution in [-0.2, 0) is 4.79 Å². The molecule has 1 atom stereocenters. The first-order valence-electron chi connectivity index (χ1n) is 4.82. The molecule has 0 amide bonds. The summed E-state index contributed by atoms with van der Waals surface area (Å²) < 4.78 is 0.0878. The van der Waals surface area contributed by atoms with Crippen molar-refractivity contribution in [2.75, 3.05) is 0 Å². The zero-order valence-corrected chi connectivity index (χ0v) is 10.7. The van der Waals surface area contributed by atoms with Gasteiger partial charge in [0.25, 0.3) is 0 Å². The number of hydrogen-bond donors (Lipinski definition) is 1. The quantitative estimate of drug-likeness (QED) is 0.809. The molecule has 1 aromatic rings. The van der Waals surface area contributed by atoms with Crippen LogP contribution in [0, 0.1) is 6.92 Å². The van der Waals surface area contributed by atoms with E-state index in [1.54, 1.807) is 6.92 Å². The molecule has 1 heterocycles. The summed E-state index contributed by atoms with van der Waals surface area (Å²) in [5, 5.41) is 11.1. The van der Waals surface area contributed by atoms with Crippen molar-refractivity contribution in [1.29, 1.82) is 0 Å². The Kier molecular flexibility index (Phi) is 4.16. The predicted octanol–water partition coefficient (Wildman–Crippen LogP) is 3.19. The van der Waals surface area contributed by atoms with Gasteiger partial charge in [0.05, 0.1) is 0 Å². The molecule has 1 rings (SSSR count). The fourth-order valence-electron chi connectivity index (χ4n) is 1.25. The average molecular weight is 245 g/mol. The van der Waals surface area contributed by atoms with Crippen molar-refractivity contribution < 1.29 is 9.90 Å². The minimum Gasteiger partial charge on any atom is -0.480 e. The van der Waals surface area contributed by atoms with Crippen LogP contribution in [0.4, 0.5) is 0 Å². The molecule has 15 heavy (non-hydrogen) atoms. The molecule has 1 unspecified atom stereocenters. The highest BCUT2D eigenvalue weighted by Gasteiger charge is 2.34. The van der Waals surface area contributed by atoms with Gasteiger partial charge in [-0.2, -0.15) is 0 Å². The van der Waals surface area contributed by atoms with E-state index < -0.39 is 10.7 Å². The Labute approximate surface area is 97.9 Å². The van der Waals surface area contributed by atoms with Crippen molar-refractivity contribution in [2.24, 2.45) is 0 Å². The van der Waals surface area contributed by atoms with Gasteiger partial charge in [-0.25, -0.2) is 4.98 Å². The number of aryl methyl sites for hydroxylation is 1. The Balaban J connectivity index is 2.79. The van der Waals surface area contributed by atoms with Gasteiger partial charge in [0.1, 0.15) is 4.75 Å². The molecule has 0 saturated carbocycles. The zero-order valence-electron chi connectivity index (χ0n) is 9.11. The number of carboxylic acid groups (broad SMARTS) is 1. The fourth-order valence-corrected chi connectivity index (χ4v) is 3.63. The van der Waals surface area contributed by atoms with Crippen molar-refractivity contribution >= 4 is 29.1 Å². The van der Waals surface area contributed by atoms with Gasteiger partial charge in [-0.1, -0.05) is 25.1 Å². The number of aromatic nitrogens is 1. The zero-order chi connectivity index (χ0) is 11.5. The summed E-state index contributed by atoms with van der Waals surface area (Å²) in [5.74, 6) is -0.762. The fraction of sp³-hybridized carbons (Fsp3) is 0.600. The number of thioether (sulfide) groups is 1. The van der Waals surface area contributed by atoms with Crippen LogP contribution >= 0.6 is 23.1 Å². The van der Waals surface area contributed by atoms with E-state index in [1.807, 2.05) is 19.2 Å². The van der Waals surface area contributed by atoms with E-state index in [1.165, 1.54) is 23.1 Å². The van der Waals surface area contributed by atoms with E-state index in [4.69, 9.17) is 0 Å². The number of aliphatic carboxylic acids is 1. The lowest BCUT2D eigenvalue weighted by Crippen LogP contribution is -2.30. The minimum absolute atomic E-state index is 0.658. The molecule has 0 saturated heterocycles. The molecule has 0 aliphatic carbocycles. The third kappa shape index (κ3) is 3.21. The lowest BCUT2D eigenvalue weighted by Gasteiger charge is -2.21. The molecular weight excluding hydrogens is 230 g/mol. The first-order valence-corrected chi connectivity index (χ1v) is 6.52. The Bertz CT molecular complexity index is 351. The maximum atomic E-state index is 11.2. The second kappa shape index (κ2) is 4.99. The second-order valence-electron chi connectivity index (χ2n) is 3.64. The van der Waals surface area contributed by atoms with E-state index in [0.717, 1.165) is 16.5 Å². The molecule has 3 nitrogen and oxygen atoms in total. The SMILES string of the molecule is CCCC(C)(Sc1nc(C)cs1)C(=O)O. The Morgan fingerprint density at radius 1 is 1.73 bits per heavy atom. The third-order valence-electron chi connectivity index (χ3n) is 2.09. The average Bonchev–Trinajstić information content (AvgIpc) is 2.51. The van der Waals surface area contributed by atoms with Crippen molar-refractivity contribution in [1.82, 2.24) is 4.98 Å². The molecule has 1 N–H and O–H groups in total. The molecule has 5 heteroatoms. The van der Waals surface area contributed by atoms with Gasteiger partial charge in [0.15, 0.2) is 4.34 Å². The first-order chi connectivity index (χ1) is 6.98. The molecule has 0 fully saturated rings. The summed E-state index contributed by atoms with van der Waals surface area (Å²) in [5.41, 5.74) is 0.951. The Morgan fingerprint density at radius 3 is 2.80 bits per heavy atom. The highest BCUT2D eigenvalue weighted by molar-refractivity contribution is 8.03. The Hall–Kier alpha value is -0.550. The number of hydrogen-bond acceptors (Lipinski definition) is 4. The maximum absolute atomic E-state index is 11.2. The van der Waals surface area contributed by atoms with Crippen LogP contribution in [0.2, 0.25) is 0 Å². The van der Waals surface area contributed by atoms with Gasteiger partial charge >= 0.3 is 5.97 Å². The largest absolute Gasteiger partial charge is 0.480 e. The molecule has 84 valence electrons. The molecule has 0 aliphatic heterocycles. The summed E-state index contributed by atoms with van der Waals surface area (Å²) in [6.07, 6.45) is 1.52. The molecule has 1 aromatic heterocycles. The highest BCUT2D eigenvalue weighted by Crippen LogP contribution is 2.38. The summed E-state index contributed by atoms with van der Waals surface area (Å²) >= 11 is 2.86. The van der Waals surface area contributed by atoms with Crippen molar-refractivity contribution in [2.45, 2.75) is 42.7 Å². The van der Waals surface area contributed by atoms with Crippen molar-refractivity contribution in [3.8, 4) is 0 Å². The van der Waals surface area contributed by atoms with E-state index in [0.29, 0.717) is 6.42 Å². The van der Waals surface area contributed by atoms with Crippen LogP contribution < -0.4 is 0 Å². The van der Waals surface area contributed by atoms with Gasteiger partial charge in [0, 0.05) is 11.1 Å². The first kappa shape index (κ1) is 12.5. The van der Waals surface area contributed by atoms with Crippen molar-refractivity contribution in [3.63, 3.8) is 0 Å². The van der Waals surface area contributed by atoms with Gasteiger partial charge in [-0.05, 0) is 20.3 Å². The number of rotatable bonds is 5. The van der Waals surface area contributed by atoms with Gasteiger partial charge in [-0.3, -0.25) is 4.79 Å². The Morgan fingerprint density at radius 2 is 2.40 bits per heavy atom. The lowest BCUT2D eigenvalue weighted by atomic mass is 10.1. The van der Waals surface area contributed by atoms with E-state index in [2.05, 4.69) is 4.98 Å². The molecule has 0 radical (unpaired) electrons. The van der Waals surface area contributed by atoms with Crippen molar-refractivity contribution in [3.05, 3.63) is 11.1 Å². The summed E-state index contributed by atoms with van der Waals surface area (Å²) in [6, 6.07) is 0. The third-order valence-corrected chi connectivity index (χ3v) is 4.48.